The molecule has 0 saturated heterocycles. The molecule has 29 heavy (non-hydrogen) atoms. The van der Waals surface area contributed by atoms with Crippen molar-refractivity contribution >= 4 is 28.7 Å². The summed E-state index contributed by atoms with van der Waals surface area (Å²) in [6.07, 6.45) is 8.73. The first-order chi connectivity index (χ1) is 14.2. The maximum Gasteiger partial charge on any atom is 0.251 e. The highest BCUT2D eigenvalue weighted by molar-refractivity contribution is 8.00. The minimum absolute atomic E-state index is 0.0141. The zero-order valence-electron chi connectivity index (χ0n) is 16.9. The van der Waals surface area contributed by atoms with Crippen molar-refractivity contribution in [3.05, 3.63) is 29.6 Å². The molecule has 1 aromatic heterocycles. The number of nitrogens with one attached hydrogen (secondary N) is 1. The third-order valence-corrected chi connectivity index (χ3v) is 9.08. The monoisotopic (exact) mass is 411 g/mol. The smallest absolute Gasteiger partial charge is 0.251 e. The summed E-state index contributed by atoms with van der Waals surface area (Å²) < 4.78 is 8.21. The van der Waals surface area contributed by atoms with E-state index in [0.717, 1.165) is 60.1 Å². The van der Waals surface area contributed by atoms with E-state index in [-0.39, 0.29) is 5.91 Å². The molecule has 0 unspecified atom stereocenters. The van der Waals surface area contributed by atoms with Crippen LogP contribution in [0.5, 0.6) is 0 Å². The van der Waals surface area contributed by atoms with Gasteiger partial charge in [-0.3, -0.25) is 4.79 Å². The first-order valence-electron chi connectivity index (χ1n) is 11.2. The Morgan fingerprint density at radius 1 is 1.21 bits per heavy atom. The Morgan fingerprint density at radius 2 is 1.97 bits per heavy atom. The van der Waals surface area contributed by atoms with Crippen LogP contribution in [0.3, 0.4) is 0 Å². The Bertz CT molecular complexity index is 918. The average Bonchev–Trinajstić information content (AvgIpc) is 3.08. The molecule has 2 heterocycles. The van der Waals surface area contributed by atoms with E-state index in [1.165, 1.54) is 38.5 Å². The summed E-state index contributed by atoms with van der Waals surface area (Å²) >= 11 is 2.15. The van der Waals surface area contributed by atoms with Gasteiger partial charge in [0.2, 0.25) is 0 Å². The Morgan fingerprint density at radius 3 is 2.72 bits per heavy atom. The topological polar surface area (TPSA) is 56.2 Å². The fourth-order valence-corrected chi connectivity index (χ4v) is 8.44. The molecule has 7 rings (SSSR count). The summed E-state index contributed by atoms with van der Waals surface area (Å²) in [5.41, 5.74) is 2.69. The standard InChI is InChI=1S/C23H29N3O2S/c27-22(18-1-2-20-19(10-18)25-21-14-28-5-4-26(20)21)24-3-6-29-23-11-15-7-16(12-23)9-17(8-15)13-23/h1-2,10,15-17H,3-9,11-14H2,(H,24,27). The summed E-state index contributed by atoms with van der Waals surface area (Å²) in [6, 6.07) is 5.87. The summed E-state index contributed by atoms with van der Waals surface area (Å²) in [4.78, 5) is 17.3. The molecule has 1 aromatic carbocycles. The van der Waals surface area contributed by atoms with Crippen LogP contribution in [-0.2, 0) is 17.9 Å². The molecule has 1 aliphatic heterocycles. The number of carbonyl (C=O) groups excluding carboxylic acids is 1. The van der Waals surface area contributed by atoms with Crippen molar-refractivity contribution in [3.63, 3.8) is 0 Å². The van der Waals surface area contributed by atoms with E-state index in [0.29, 0.717) is 16.9 Å². The minimum atomic E-state index is 0.0141. The molecule has 4 aliphatic carbocycles. The normalized spacial score (nSPS) is 32.5. The molecule has 6 heteroatoms. The lowest BCUT2D eigenvalue weighted by Gasteiger charge is -2.56. The van der Waals surface area contributed by atoms with E-state index in [1.807, 2.05) is 18.2 Å². The van der Waals surface area contributed by atoms with Gasteiger partial charge in [-0.05, 0) is 74.5 Å². The van der Waals surface area contributed by atoms with Crippen molar-refractivity contribution in [1.29, 1.82) is 0 Å². The van der Waals surface area contributed by atoms with E-state index in [9.17, 15) is 4.79 Å². The molecule has 2 aromatic rings. The Balaban J connectivity index is 1.07. The van der Waals surface area contributed by atoms with Gasteiger partial charge in [-0.25, -0.2) is 4.98 Å². The number of aromatic nitrogens is 2. The summed E-state index contributed by atoms with van der Waals surface area (Å²) in [7, 11) is 0. The van der Waals surface area contributed by atoms with Gasteiger partial charge in [0.1, 0.15) is 12.4 Å². The second-order valence-corrected chi connectivity index (χ2v) is 11.2. The second-order valence-electron chi connectivity index (χ2n) is 9.64. The number of ether oxygens (including phenoxy) is 1. The van der Waals surface area contributed by atoms with Crippen LogP contribution < -0.4 is 5.32 Å². The maximum absolute atomic E-state index is 12.7. The third kappa shape index (κ3) is 3.28. The number of rotatable bonds is 5. The molecule has 1 amide bonds. The highest BCUT2D eigenvalue weighted by atomic mass is 32.2. The van der Waals surface area contributed by atoms with Crippen molar-refractivity contribution in [3.8, 4) is 0 Å². The summed E-state index contributed by atoms with van der Waals surface area (Å²) in [6.45, 7) is 2.86. The molecule has 4 saturated carbocycles. The lowest BCUT2D eigenvalue weighted by molar-refractivity contribution is 0.0383. The minimum Gasteiger partial charge on any atom is -0.372 e. The predicted octanol–water partition coefficient (Wildman–Crippen LogP) is 4.00. The van der Waals surface area contributed by atoms with Crippen LogP contribution in [0.15, 0.2) is 18.2 Å². The van der Waals surface area contributed by atoms with Gasteiger partial charge in [-0.15, -0.1) is 0 Å². The van der Waals surface area contributed by atoms with Crippen molar-refractivity contribution in [2.45, 2.75) is 56.4 Å². The van der Waals surface area contributed by atoms with E-state index in [2.05, 4.69) is 26.6 Å². The van der Waals surface area contributed by atoms with E-state index < -0.39 is 0 Å². The second kappa shape index (κ2) is 7.02. The zero-order valence-corrected chi connectivity index (χ0v) is 17.7. The van der Waals surface area contributed by atoms with Crippen molar-refractivity contribution < 1.29 is 9.53 Å². The molecular formula is C23H29N3O2S. The van der Waals surface area contributed by atoms with Gasteiger partial charge in [0.25, 0.3) is 5.91 Å². The highest BCUT2D eigenvalue weighted by Gasteiger charge is 2.50. The number of carbonyl (C=O) groups is 1. The van der Waals surface area contributed by atoms with Gasteiger partial charge in [-0.1, -0.05) is 0 Å². The first kappa shape index (κ1) is 18.3. The number of fused-ring (bicyclic) bond motifs is 3. The van der Waals surface area contributed by atoms with Crippen LogP contribution in [0.4, 0.5) is 0 Å². The third-order valence-electron chi connectivity index (χ3n) is 7.56. The van der Waals surface area contributed by atoms with Crippen LogP contribution in [0.1, 0.15) is 54.7 Å². The number of nitrogens with zero attached hydrogens (tertiary/aromatic N) is 2. The van der Waals surface area contributed by atoms with E-state index in [1.54, 1.807) is 0 Å². The van der Waals surface area contributed by atoms with E-state index >= 15 is 0 Å². The molecular weight excluding hydrogens is 382 g/mol. The lowest BCUT2D eigenvalue weighted by Crippen LogP contribution is -2.48. The van der Waals surface area contributed by atoms with Gasteiger partial charge in [-0.2, -0.15) is 11.8 Å². The number of hydrogen-bond donors (Lipinski definition) is 1. The SMILES string of the molecule is O=C(NCCSC12CC3CC(CC(C3)C1)C2)c1ccc2c(c1)nc1n2CCOC1. The number of amides is 1. The largest absolute Gasteiger partial charge is 0.372 e. The summed E-state index contributed by atoms with van der Waals surface area (Å²) in [5, 5.41) is 3.14. The molecule has 154 valence electrons. The zero-order chi connectivity index (χ0) is 19.4. The van der Waals surface area contributed by atoms with Gasteiger partial charge in [0, 0.05) is 29.2 Å². The van der Waals surface area contributed by atoms with Gasteiger partial charge < -0.3 is 14.6 Å². The predicted molar refractivity (Wildman–Crippen MR) is 115 cm³/mol. The number of benzene rings is 1. The Hall–Kier alpha value is -1.53. The lowest BCUT2D eigenvalue weighted by atomic mass is 9.56. The van der Waals surface area contributed by atoms with Gasteiger partial charge >= 0.3 is 0 Å². The van der Waals surface area contributed by atoms with E-state index in [4.69, 9.17) is 4.74 Å². The van der Waals surface area contributed by atoms with Gasteiger partial charge in [0.05, 0.1) is 17.6 Å². The van der Waals surface area contributed by atoms with Crippen molar-refractivity contribution in [2.75, 3.05) is 18.9 Å². The quantitative estimate of drug-likeness (QED) is 0.756. The Labute approximate surface area is 176 Å². The fraction of sp³-hybridized carbons (Fsp3) is 0.652. The van der Waals surface area contributed by atoms with Crippen LogP contribution in [0.25, 0.3) is 11.0 Å². The van der Waals surface area contributed by atoms with Crippen LogP contribution in [0.2, 0.25) is 0 Å². The number of imidazole rings is 1. The molecule has 5 aliphatic rings. The molecule has 0 radical (unpaired) electrons. The van der Waals surface area contributed by atoms with Crippen LogP contribution in [-0.4, -0.2) is 39.1 Å². The molecule has 4 fully saturated rings. The summed E-state index contributed by atoms with van der Waals surface area (Å²) in [5.74, 6) is 4.95. The molecule has 5 nitrogen and oxygen atoms in total. The number of hydrogen-bond acceptors (Lipinski definition) is 4. The van der Waals surface area contributed by atoms with Crippen molar-refractivity contribution in [1.82, 2.24) is 14.9 Å². The maximum atomic E-state index is 12.7. The van der Waals surface area contributed by atoms with Crippen LogP contribution >= 0.6 is 11.8 Å². The first-order valence-corrected chi connectivity index (χ1v) is 12.2. The molecule has 0 spiro atoms. The average molecular weight is 412 g/mol. The van der Waals surface area contributed by atoms with Crippen molar-refractivity contribution in [2.24, 2.45) is 17.8 Å². The molecule has 4 bridgehead atoms. The molecule has 1 N–H and O–H groups in total. The molecule has 0 atom stereocenters. The highest BCUT2D eigenvalue weighted by Crippen LogP contribution is 2.60. The van der Waals surface area contributed by atoms with Gasteiger partial charge in [0.15, 0.2) is 0 Å². The Kier molecular flexibility index (Phi) is 4.42. The fourth-order valence-electron chi connectivity index (χ4n) is 6.74. The van der Waals surface area contributed by atoms with Crippen LogP contribution in [0, 0.1) is 17.8 Å². The number of thioether (sulfide) groups is 1.